The van der Waals surface area contributed by atoms with Gasteiger partial charge in [0, 0.05) is 33.2 Å². The van der Waals surface area contributed by atoms with Gasteiger partial charge in [0.2, 0.25) is 0 Å². The van der Waals surface area contributed by atoms with E-state index >= 15 is 0 Å². The Kier molecular flexibility index (Phi) is 5.36. The number of amides is 1. The number of pyridine rings is 1. The molecule has 2 aromatic rings. The van der Waals surface area contributed by atoms with Crippen molar-refractivity contribution in [2.24, 2.45) is 0 Å². The van der Waals surface area contributed by atoms with Crippen molar-refractivity contribution in [2.75, 3.05) is 19.4 Å². The van der Waals surface area contributed by atoms with Crippen LogP contribution in [0.1, 0.15) is 31.1 Å². The predicted molar refractivity (Wildman–Crippen MR) is 93.4 cm³/mol. The van der Waals surface area contributed by atoms with Gasteiger partial charge in [0.15, 0.2) is 5.75 Å². The first kappa shape index (κ1) is 17.4. The number of carbonyl (C=O) groups is 1. The number of nitrogens with zero attached hydrogens (tertiary/aromatic N) is 1. The van der Waals surface area contributed by atoms with Gasteiger partial charge in [0.1, 0.15) is 0 Å². The number of para-hydroxylation sites is 1. The Hall–Kier alpha value is -1.95. The number of nitrogens with one attached hydrogen (secondary N) is 1. The lowest BCUT2D eigenvalue weighted by Crippen LogP contribution is -2.33. The van der Waals surface area contributed by atoms with Crippen molar-refractivity contribution in [3.05, 3.63) is 36.0 Å². The van der Waals surface area contributed by atoms with Crippen LogP contribution in [0, 0.1) is 0 Å². The SMILES string of the molecule is COc1cnc2ccccc2c1C(=O)NCCS(=O)C(C)(C)C. The lowest BCUT2D eigenvalue weighted by atomic mass is 10.1. The van der Waals surface area contributed by atoms with E-state index in [2.05, 4.69) is 10.3 Å². The number of methoxy groups -OCH3 is 1. The highest BCUT2D eigenvalue weighted by atomic mass is 32.2. The highest BCUT2D eigenvalue weighted by Gasteiger charge is 2.20. The van der Waals surface area contributed by atoms with Crippen LogP contribution in [-0.4, -0.2) is 39.3 Å². The van der Waals surface area contributed by atoms with Gasteiger partial charge in [0.25, 0.3) is 5.91 Å². The molecule has 5 nitrogen and oxygen atoms in total. The molecule has 0 aliphatic heterocycles. The summed E-state index contributed by atoms with van der Waals surface area (Å²) in [7, 11) is 0.508. The second-order valence-corrected chi connectivity index (χ2v) is 8.46. The Morgan fingerprint density at radius 1 is 1.30 bits per heavy atom. The van der Waals surface area contributed by atoms with Gasteiger partial charge >= 0.3 is 0 Å². The maximum Gasteiger partial charge on any atom is 0.255 e. The second-order valence-electron chi connectivity index (χ2n) is 6.14. The molecule has 1 aromatic heterocycles. The molecule has 1 atom stereocenters. The molecule has 124 valence electrons. The van der Waals surface area contributed by atoms with Crippen LogP contribution in [0.5, 0.6) is 5.75 Å². The van der Waals surface area contributed by atoms with Crippen molar-refractivity contribution in [2.45, 2.75) is 25.5 Å². The zero-order valence-corrected chi connectivity index (χ0v) is 14.7. The van der Waals surface area contributed by atoms with E-state index in [0.29, 0.717) is 23.6 Å². The Morgan fingerprint density at radius 2 is 2.00 bits per heavy atom. The molecule has 0 aliphatic rings. The van der Waals surface area contributed by atoms with E-state index in [1.54, 1.807) is 6.20 Å². The molecule has 0 fully saturated rings. The molecule has 0 bridgehead atoms. The monoisotopic (exact) mass is 334 g/mol. The zero-order valence-electron chi connectivity index (χ0n) is 13.9. The zero-order chi connectivity index (χ0) is 17.0. The highest BCUT2D eigenvalue weighted by Crippen LogP contribution is 2.25. The second kappa shape index (κ2) is 7.08. The maximum absolute atomic E-state index is 12.6. The summed E-state index contributed by atoms with van der Waals surface area (Å²) < 4.78 is 17.0. The van der Waals surface area contributed by atoms with Crippen molar-refractivity contribution in [3.8, 4) is 5.75 Å². The minimum atomic E-state index is -1.00. The van der Waals surface area contributed by atoms with Crippen LogP contribution >= 0.6 is 0 Å². The van der Waals surface area contributed by atoms with Gasteiger partial charge in [-0.05, 0) is 26.8 Å². The summed E-state index contributed by atoms with van der Waals surface area (Å²) in [5.41, 5.74) is 1.19. The number of hydrogen-bond donors (Lipinski definition) is 1. The van der Waals surface area contributed by atoms with Gasteiger partial charge in [-0.25, -0.2) is 0 Å². The first-order chi connectivity index (χ1) is 10.8. The van der Waals surface area contributed by atoms with Crippen LogP contribution in [0.4, 0.5) is 0 Å². The van der Waals surface area contributed by atoms with E-state index in [1.807, 2.05) is 45.0 Å². The summed E-state index contributed by atoms with van der Waals surface area (Å²) in [5, 5.41) is 3.57. The molecule has 0 saturated heterocycles. The number of carbonyl (C=O) groups excluding carboxylic acids is 1. The number of aromatic nitrogens is 1. The molecule has 1 aromatic carbocycles. The first-order valence-electron chi connectivity index (χ1n) is 7.43. The summed E-state index contributed by atoms with van der Waals surface area (Å²) in [4.78, 5) is 16.8. The topological polar surface area (TPSA) is 68.3 Å². The lowest BCUT2D eigenvalue weighted by molar-refractivity contribution is 0.0954. The molecule has 0 aliphatic carbocycles. The van der Waals surface area contributed by atoms with Crippen LogP contribution < -0.4 is 10.1 Å². The first-order valence-corrected chi connectivity index (χ1v) is 8.75. The minimum Gasteiger partial charge on any atom is -0.494 e. The standard InChI is InChI=1S/C17H22N2O3S/c1-17(2,3)23(21)10-9-18-16(20)15-12-7-5-6-8-13(12)19-11-14(15)22-4/h5-8,11H,9-10H2,1-4H3,(H,18,20). The fraction of sp³-hybridized carbons (Fsp3) is 0.412. The average molecular weight is 334 g/mol. The molecule has 23 heavy (non-hydrogen) atoms. The summed E-state index contributed by atoms with van der Waals surface area (Å²) in [6.45, 7) is 6.11. The number of fused-ring (bicyclic) bond motifs is 1. The molecule has 0 radical (unpaired) electrons. The molecule has 1 unspecified atom stereocenters. The molecule has 1 heterocycles. The van der Waals surface area contributed by atoms with E-state index < -0.39 is 10.8 Å². The maximum atomic E-state index is 12.6. The van der Waals surface area contributed by atoms with E-state index in [-0.39, 0.29) is 10.7 Å². The molecule has 1 N–H and O–H groups in total. The fourth-order valence-corrected chi connectivity index (χ4v) is 3.06. The van der Waals surface area contributed by atoms with Gasteiger partial charge in [-0.15, -0.1) is 0 Å². The van der Waals surface area contributed by atoms with Crippen molar-refractivity contribution in [1.29, 1.82) is 0 Å². The fourth-order valence-electron chi connectivity index (χ4n) is 2.16. The minimum absolute atomic E-state index is 0.244. The van der Waals surface area contributed by atoms with Crippen LogP contribution in [0.2, 0.25) is 0 Å². The number of ether oxygens (including phenoxy) is 1. The lowest BCUT2D eigenvalue weighted by Gasteiger charge is -2.18. The van der Waals surface area contributed by atoms with Crippen LogP contribution in [0.3, 0.4) is 0 Å². The third-order valence-electron chi connectivity index (χ3n) is 3.44. The average Bonchev–Trinajstić information content (AvgIpc) is 2.52. The molecule has 0 spiro atoms. The molecule has 1 amide bonds. The summed E-state index contributed by atoms with van der Waals surface area (Å²) in [6, 6.07) is 7.41. The van der Waals surface area contributed by atoms with Crippen LogP contribution in [0.25, 0.3) is 10.9 Å². The van der Waals surface area contributed by atoms with Gasteiger partial charge < -0.3 is 10.1 Å². The van der Waals surface area contributed by atoms with E-state index in [4.69, 9.17) is 4.74 Å². The van der Waals surface area contributed by atoms with Crippen LogP contribution in [-0.2, 0) is 10.8 Å². The number of rotatable bonds is 5. The number of hydrogen-bond acceptors (Lipinski definition) is 4. The Bertz CT molecular complexity index is 738. The predicted octanol–water partition coefficient (Wildman–Crippen LogP) is 2.52. The molecule has 0 saturated carbocycles. The molecular formula is C17H22N2O3S. The van der Waals surface area contributed by atoms with E-state index in [1.165, 1.54) is 7.11 Å². The Morgan fingerprint density at radius 3 is 2.65 bits per heavy atom. The van der Waals surface area contributed by atoms with Crippen molar-refractivity contribution in [1.82, 2.24) is 10.3 Å². The Balaban J connectivity index is 2.19. The molecule has 6 heteroatoms. The van der Waals surface area contributed by atoms with Gasteiger partial charge in [-0.3, -0.25) is 14.0 Å². The third-order valence-corrected chi connectivity index (χ3v) is 5.38. The van der Waals surface area contributed by atoms with Gasteiger partial charge in [0.05, 0.1) is 24.4 Å². The van der Waals surface area contributed by atoms with Gasteiger partial charge in [-0.1, -0.05) is 18.2 Å². The number of benzene rings is 1. The van der Waals surface area contributed by atoms with E-state index in [0.717, 1.165) is 10.9 Å². The normalized spacial score (nSPS) is 12.9. The summed E-state index contributed by atoms with van der Waals surface area (Å²) in [6.07, 6.45) is 1.55. The van der Waals surface area contributed by atoms with Gasteiger partial charge in [-0.2, -0.15) is 0 Å². The van der Waals surface area contributed by atoms with Crippen molar-refractivity contribution >= 4 is 27.6 Å². The summed E-state index contributed by atoms with van der Waals surface area (Å²) >= 11 is 0. The Labute approximate surface area is 138 Å². The summed E-state index contributed by atoms with van der Waals surface area (Å²) in [5.74, 6) is 0.602. The largest absolute Gasteiger partial charge is 0.494 e. The smallest absolute Gasteiger partial charge is 0.255 e. The molecular weight excluding hydrogens is 312 g/mol. The quantitative estimate of drug-likeness (QED) is 0.912. The van der Waals surface area contributed by atoms with E-state index in [9.17, 15) is 9.00 Å². The molecule has 2 rings (SSSR count). The van der Waals surface area contributed by atoms with Crippen molar-refractivity contribution < 1.29 is 13.7 Å². The third kappa shape index (κ3) is 4.07. The van der Waals surface area contributed by atoms with Crippen molar-refractivity contribution in [3.63, 3.8) is 0 Å². The highest BCUT2D eigenvalue weighted by molar-refractivity contribution is 7.86. The van der Waals surface area contributed by atoms with Crippen LogP contribution in [0.15, 0.2) is 30.5 Å².